The topological polar surface area (TPSA) is 38.9 Å². The number of benzene rings is 1. The fourth-order valence-electron chi connectivity index (χ4n) is 1.68. The van der Waals surface area contributed by atoms with E-state index < -0.39 is 0 Å². The molecule has 0 fully saturated rings. The number of hydrogen-bond donors (Lipinski definition) is 1. The van der Waals surface area contributed by atoms with Gasteiger partial charge in [0.25, 0.3) is 0 Å². The molecule has 1 aromatic heterocycles. The molecular weight excluding hydrogens is 283 g/mol. The van der Waals surface area contributed by atoms with Gasteiger partial charge >= 0.3 is 0 Å². The van der Waals surface area contributed by atoms with Gasteiger partial charge in [-0.05, 0) is 36.2 Å². The van der Waals surface area contributed by atoms with Crippen molar-refractivity contribution in [2.24, 2.45) is 5.73 Å². The van der Waals surface area contributed by atoms with Gasteiger partial charge in [-0.3, -0.25) is 4.98 Å². The molecule has 0 aliphatic carbocycles. The van der Waals surface area contributed by atoms with E-state index in [1.165, 1.54) is 6.07 Å². The Hall–Kier alpha value is -1.26. The van der Waals surface area contributed by atoms with E-state index in [1.807, 2.05) is 12.1 Å². The van der Waals surface area contributed by atoms with Crippen molar-refractivity contribution in [3.8, 4) is 0 Å². The summed E-state index contributed by atoms with van der Waals surface area (Å²) in [4.78, 5) is 3.93. The molecule has 0 aliphatic heterocycles. The lowest BCUT2D eigenvalue weighted by molar-refractivity contribution is 0.579. The first-order valence-corrected chi connectivity index (χ1v) is 6.05. The number of aromatic nitrogens is 1. The first-order chi connectivity index (χ1) is 8.16. The highest BCUT2D eigenvalue weighted by atomic mass is 79.9. The average molecular weight is 295 g/mol. The molecule has 0 bridgehead atoms. The Labute approximate surface area is 108 Å². The van der Waals surface area contributed by atoms with Gasteiger partial charge in [-0.1, -0.05) is 22.0 Å². The molecule has 2 rings (SSSR count). The Kier molecular flexibility index (Phi) is 3.86. The molecule has 0 radical (unpaired) electrons. The van der Waals surface area contributed by atoms with Crippen LogP contribution in [0.1, 0.15) is 17.2 Å². The molecule has 88 valence electrons. The van der Waals surface area contributed by atoms with E-state index in [-0.39, 0.29) is 11.9 Å². The van der Waals surface area contributed by atoms with Crippen LogP contribution in [0.25, 0.3) is 0 Å². The van der Waals surface area contributed by atoms with E-state index in [1.54, 1.807) is 24.5 Å². The van der Waals surface area contributed by atoms with Gasteiger partial charge in [-0.25, -0.2) is 4.39 Å². The van der Waals surface area contributed by atoms with Crippen molar-refractivity contribution in [3.05, 3.63) is 64.1 Å². The lowest BCUT2D eigenvalue weighted by atomic mass is 10.00. The van der Waals surface area contributed by atoms with E-state index in [9.17, 15) is 4.39 Å². The van der Waals surface area contributed by atoms with Crippen LogP contribution in [0, 0.1) is 5.82 Å². The van der Waals surface area contributed by atoms with Gasteiger partial charge in [0.05, 0.1) is 0 Å². The monoisotopic (exact) mass is 294 g/mol. The predicted octanol–water partition coefficient (Wildman–Crippen LogP) is 3.23. The van der Waals surface area contributed by atoms with Crippen LogP contribution in [0.3, 0.4) is 0 Å². The molecule has 0 spiro atoms. The van der Waals surface area contributed by atoms with Crippen LogP contribution >= 0.6 is 15.9 Å². The minimum absolute atomic E-state index is 0.277. The van der Waals surface area contributed by atoms with Crippen LogP contribution in [0.2, 0.25) is 0 Å². The van der Waals surface area contributed by atoms with Gasteiger partial charge in [-0.2, -0.15) is 0 Å². The van der Waals surface area contributed by atoms with Crippen LogP contribution in [-0.4, -0.2) is 4.98 Å². The normalized spacial score (nSPS) is 12.4. The van der Waals surface area contributed by atoms with Crippen molar-refractivity contribution in [3.63, 3.8) is 0 Å². The molecule has 4 heteroatoms. The Bertz CT molecular complexity index is 502. The SMILES string of the molecule is NC(Cc1ccncc1)c1ccc(Br)cc1F. The summed E-state index contributed by atoms with van der Waals surface area (Å²) >= 11 is 3.22. The summed E-state index contributed by atoms with van der Waals surface area (Å²) in [6.45, 7) is 0. The van der Waals surface area contributed by atoms with E-state index in [4.69, 9.17) is 5.73 Å². The fourth-order valence-corrected chi connectivity index (χ4v) is 2.02. The molecule has 17 heavy (non-hydrogen) atoms. The van der Waals surface area contributed by atoms with Crippen molar-refractivity contribution in [1.82, 2.24) is 4.98 Å². The third-order valence-corrected chi connectivity index (χ3v) is 3.06. The molecule has 2 aromatic rings. The van der Waals surface area contributed by atoms with Crippen molar-refractivity contribution in [2.45, 2.75) is 12.5 Å². The van der Waals surface area contributed by atoms with Crippen LogP contribution in [0.4, 0.5) is 4.39 Å². The van der Waals surface area contributed by atoms with Gasteiger partial charge < -0.3 is 5.73 Å². The van der Waals surface area contributed by atoms with E-state index in [0.717, 1.165) is 10.0 Å². The zero-order valence-corrected chi connectivity index (χ0v) is 10.7. The quantitative estimate of drug-likeness (QED) is 0.944. The van der Waals surface area contributed by atoms with Crippen LogP contribution in [0.15, 0.2) is 47.2 Å². The summed E-state index contributed by atoms with van der Waals surface area (Å²) < 4.78 is 14.4. The zero-order chi connectivity index (χ0) is 12.3. The molecule has 1 atom stereocenters. The summed E-state index contributed by atoms with van der Waals surface area (Å²) in [6.07, 6.45) is 4.01. The van der Waals surface area contributed by atoms with Gasteiger partial charge in [0.2, 0.25) is 0 Å². The molecule has 0 aliphatic rings. The lowest BCUT2D eigenvalue weighted by Crippen LogP contribution is -2.15. The van der Waals surface area contributed by atoms with Crippen molar-refractivity contribution >= 4 is 15.9 Å². The highest BCUT2D eigenvalue weighted by Crippen LogP contribution is 2.22. The Morgan fingerprint density at radius 2 is 1.94 bits per heavy atom. The Balaban J connectivity index is 2.17. The van der Waals surface area contributed by atoms with E-state index >= 15 is 0 Å². The third-order valence-electron chi connectivity index (χ3n) is 2.57. The molecule has 1 heterocycles. The van der Waals surface area contributed by atoms with Crippen LogP contribution in [-0.2, 0) is 6.42 Å². The van der Waals surface area contributed by atoms with Gasteiger partial charge in [0, 0.05) is 28.5 Å². The second-order valence-electron chi connectivity index (χ2n) is 3.83. The number of hydrogen-bond acceptors (Lipinski definition) is 2. The molecule has 2 N–H and O–H groups in total. The standard InChI is InChI=1S/C13H12BrFN2/c14-10-1-2-11(12(15)8-10)13(16)7-9-3-5-17-6-4-9/h1-6,8,13H,7,16H2. The fraction of sp³-hybridized carbons (Fsp3) is 0.154. The minimum Gasteiger partial charge on any atom is -0.324 e. The second kappa shape index (κ2) is 5.38. The molecule has 1 unspecified atom stereocenters. The highest BCUT2D eigenvalue weighted by molar-refractivity contribution is 9.10. The number of rotatable bonds is 3. The molecule has 0 saturated heterocycles. The van der Waals surface area contributed by atoms with E-state index in [2.05, 4.69) is 20.9 Å². The summed E-state index contributed by atoms with van der Waals surface area (Å²) in [7, 11) is 0. The summed E-state index contributed by atoms with van der Waals surface area (Å²) in [6, 6.07) is 8.37. The van der Waals surface area contributed by atoms with Crippen LogP contribution < -0.4 is 5.73 Å². The second-order valence-corrected chi connectivity index (χ2v) is 4.75. The van der Waals surface area contributed by atoms with Crippen LogP contribution in [0.5, 0.6) is 0 Å². The first-order valence-electron chi connectivity index (χ1n) is 5.26. The van der Waals surface area contributed by atoms with Gasteiger partial charge in [-0.15, -0.1) is 0 Å². The average Bonchev–Trinajstić information content (AvgIpc) is 2.30. The first kappa shape index (κ1) is 12.2. The third kappa shape index (κ3) is 3.11. The number of nitrogens with two attached hydrogens (primary N) is 1. The lowest BCUT2D eigenvalue weighted by Gasteiger charge is -2.13. The van der Waals surface area contributed by atoms with Crippen molar-refractivity contribution in [1.29, 1.82) is 0 Å². The number of pyridine rings is 1. The maximum absolute atomic E-state index is 13.7. The number of halogens is 2. The Morgan fingerprint density at radius 1 is 1.24 bits per heavy atom. The molecule has 1 aromatic carbocycles. The largest absolute Gasteiger partial charge is 0.324 e. The van der Waals surface area contributed by atoms with E-state index in [0.29, 0.717) is 12.0 Å². The molecular formula is C13H12BrFN2. The van der Waals surface area contributed by atoms with Gasteiger partial charge in [0.1, 0.15) is 5.82 Å². The molecule has 2 nitrogen and oxygen atoms in total. The smallest absolute Gasteiger partial charge is 0.129 e. The van der Waals surface area contributed by atoms with Gasteiger partial charge in [0.15, 0.2) is 0 Å². The summed E-state index contributed by atoms with van der Waals surface area (Å²) in [5, 5.41) is 0. The maximum Gasteiger partial charge on any atom is 0.129 e. The summed E-state index contributed by atoms with van der Waals surface area (Å²) in [5.41, 5.74) is 7.59. The highest BCUT2D eigenvalue weighted by Gasteiger charge is 2.12. The van der Waals surface area contributed by atoms with Crippen molar-refractivity contribution < 1.29 is 4.39 Å². The Morgan fingerprint density at radius 3 is 2.59 bits per heavy atom. The molecule has 0 saturated carbocycles. The number of nitrogens with zero attached hydrogens (tertiary/aromatic N) is 1. The summed E-state index contributed by atoms with van der Waals surface area (Å²) in [5.74, 6) is -0.277. The predicted molar refractivity (Wildman–Crippen MR) is 69.0 cm³/mol. The zero-order valence-electron chi connectivity index (χ0n) is 9.11. The van der Waals surface area contributed by atoms with Crippen molar-refractivity contribution in [2.75, 3.05) is 0 Å². The maximum atomic E-state index is 13.7. The minimum atomic E-state index is -0.342. The molecule has 0 amide bonds.